The van der Waals surface area contributed by atoms with E-state index in [0.717, 1.165) is 33.0 Å². The highest BCUT2D eigenvalue weighted by atomic mass is 32.2. The highest BCUT2D eigenvalue weighted by Crippen LogP contribution is 2.29. The Labute approximate surface area is 157 Å². The van der Waals surface area contributed by atoms with Gasteiger partial charge in [0.15, 0.2) is 10.1 Å². The maximum absolute atomic E-state index is 12.6. The molecule has 136 valence electrons. The van der Waals surface area contributed by atoms with Gasteiger partial charge in [-0.05, 0) is 39.7 Å². The fourth-order valence-corrected chi connectivity index (χ4v) is 5.24. The molecule has 0 saturated heterocycles. The van der Waals surface area contributed by atoms with E-state index in [2.05, 4.69) is 27.0 Å². The molecule has 1 N–H and O–H groups in total. The quantitative estimate of drug-likeness (QED) is 0.559. The normalized spacial score (nSPS) is 15.5. The van der Waals surface area contributed by atoms with Crippen molar-refractivity contribution in [3.05, 3.63) is 23.0 Å². The number of nitrogens with one attached hydrogen (secondary N) is 1. The number of anilines is 1. The lowest BCUT2D eigenvalue weighted by atomic mass is 9.96. The monoisotopic (exact) mass is 378 g/mol. The molecule has 0 aromatic carbocycles. The first kappa shape index (κ1) is 18.5. The highest BCUT2D eigenvalue weighted by molar-refractivity contribution is 8.01. The van der Waals surface area contributed by atoms with Gasteiger partial charge < -0.3 is 9.88 Å². The third-order valence-electron chi connectivity index (χ3n) is 4.86. The van der Waals surface area contributed by atoms with Crippen LogP contribution in [-0.4, -0.2) is 32.3 Å². The molecule has 2 heterocycles. The highest BCUT2D eigenvalue weighted by Gasteiger charge is 2.18. The van der Waals surface area contributed by atoms with Crippen molar-refractivity contribution in [2.75, 3.05) is 11.1 Å². The van der Waals surface area contributed by atoms with Gasteiger partial charge in [-0.15, -0.1) is 10.2 Å². The molecule has 0 aliphatic heterocycles. The minimum absolute atomic E-state index is 0.162. The van der Waals surface area contributed by atoms with Crippen LogP contribution in [0.3, 0.4) is 0 Å². The summed E-state index contributed by atoms with van der Waals surface area (Å²) in [7, 11) is 0. The van der Waals surface area contributed by atoms with Gasteiger partial charge in [0.05, 0.1) is 5.75 Å². The van der Waals surface area contributed by atoms with Crippen LogP contribution in [0, 0.1) is 13.8 Å². The summed E-state index contributed by atoms with van der Waals surface area (Å²) in [6.45, 7) is 7.07. The Morgan fingerprint density at radius 3 is 2.76 bits per heavy atom. The Morgan fingerprint density at radius 2 is 2.08 bits per heavy atom. The molecule has 1 fully saturated rings. The molecule has 1 saturated carbocycles. The number of thioether (sulfide) groups is 1. The van der Waals surface area contributed by atoms with Crippen LogP contribution in [0.5, 0.6) is 0 Å². The fraction of sp³-hybridized carbons (Fsp3) is 0.611. The van der Waals surface area contributed by atoms with Gasteiger partial charge >= 0.3 is 0 Å². The first-order chi connectivity index (χ1) is 12.1. The first-order valence-electron chi connectivity index (χ1n) is 9.01. The van der Waals surface area contributed by atoms with Gasteiger partial charge in [-0.2, -0.15) is 0 Å². The average Bonchev–Trinajstić information content (AvgIpc) is 3.17. The van der Waals surface area contributed by atoms with Gasteiger partial charge in [-0.25, -0.2) is 0 Å². The smallest absolute Gasteiger partial charge is 0.206 e. The SMILES string of the molecule is CCn1c(C)cc(C(=O)CSc2nnc(NC3CCCCC3)s2)c1C. The fourth-order valence-electron chi connectivity index (χ4n) is 3.52. The predicted molar refractivity (Wildman–Crippen MR) is 105 cm³/mol. The molecule has 1 aliphatic rings. The third kappa shape index (κ3) is 4.44. The van der Waals surface area contributed by atoms with E-state index in [1.807, 2.05) is 19.9 Å². The molecule has 0 atom stereocenters. The van der Waals surface area contributed by atoms with Crippen molar-refractivity contribution >= 4 is 34.0 Å². The predicted octanol–water partition coefficient (Wildman–Crippen LogP) is 4.70. The van der Waals surface area contributed by atoms with Gasteiger partial charge in [-0.1, -0.05) is 42.4 Å². The summed E-state index contributed by atoms with van der Waals surface area (Å²) in [5.74, 6) is 0.571. The van der Waals surface area contributed by atoms with Crippen molar-refractivity contribution < 1.29 is 4.79 Å². The van der Waals surface area contributed by atoms with E-state index in [-0.39, 0.29) is 5.78 Å². The van der Waals surface area contributed by atoms with Gasteiger partial charge in [0.1, 0.15) is 0 Å². The van der Waals surface area contributed by atoms with Gasteiger partial charge in [-0.3, -0.25) is 4.79 Å². The lowest BCUT2D eigenvalue weighted by molar-refractivity contribution is 0.102. The van der Waals surface area contributed by atoms with Gasteiger partial charge in [0.2, 0.25) is 5.13 Å². The lowest BCUT2D eigenvalue weighted by Gasteiger charge is -2.21. The van der Waals surface area contributed by atoms with E-state index in [9.17, 15) is 4.79 Å². The summed E-state index contributed by atoms with van der Waals surface area (Å²) < 4.78 is 3.03. The summed E-state index contributed by atoms with van der Waals surface area (Å²) >= 11 is 3.04. The molecule has 25 heavy (non-hydrogen) atoms. The van der Waals surface area contributed by atoms with Gasteiger partial charge in [0, 0.05) is 29.5 Å². The third-order valence-corrected chi connectivity index (χ3v) is 6.84. The molecule has 0 bridgehead atoms. The summed E-state index contributed by atoms with van der Waals surface area (Å²) in [5.41, 5.74) is 3.03. The minimum atomic E-state index is 0.162. The Hall–Kier alpha value is -1.34. The summed E-state index contributed by atoms with van der Waals surface area (Å²) in [6.07, 6.45) is 6.36. The van der Waals surface area contributed by atoms with E-state index in [1.54, 1.807) is 11.3 Å². The number of nitrogens with zero attached hydrogens (tertiary/aromatic N) is 3. The van der Waals surface area contributed by atoms with Crippen LogP contribution in [-0.2, 0) is 6.54 Å². The molecule has 5 nitrogen and oxygen atoms in total. The van der Waals surface area contributed by atoms with Crippen LogP contribution in [0.1, 0.15) is 60.8 Å². The number of rotatable bonds is 7. The zero-order chi connectivity index (χ0) is 17.8. The van der Waals surface area contributed by atoms with Gasteiger partial charge in [0.25, 0.3) is 0 Å². The molecule has 2 aromatic rings. The molecule has 7 heteroatoms. The number of carbonyl (C=O) groups is 1. The molecular formula is C18H26N4OS2. The Morgan fingerprint density at radius 1 is 1.32 bits per heavy atom. The number of carbonyl (C=O) groups excluding carboxylic acids is 1. The molecule has 0 radical (unpaired) electrons. The first-order valence-corrected chi connectivity index (χ1v) is 10.8. The number of hydrogen-bond acceptors (Lipinski definition) is 6. The maximum Gasteiger partial charge on any atom is 0.206 e. The van der Waals surface area contributed by atoms with E-state index >= 15 is 0 Å². The van der Waals surface area contributed by atoms with E-state index < -0.39 is 0 Å². The standard InChI is InChI=1S/C18H26N4OS2/c1-4-22-12(2)10-15(13(22)3)16(23)11-24-18-21-20-17(25-18)19-14-8-6-5-7-9-14/h10,14H,4-9,11H2,1-3H3,(H,19,20). The second-order valence-corrected chi connectivity index (χ2v) is 8.79. The topological polar surface area (TPSA) is 59.8 Å². The summed E-state index contributed by atoms with van der Waals surface area (Å²) in [5, 5.41) is 12.8. The number of Topliss-reactive ketones (excluding diaryl/α,β-unsaturated/α-hetero) is 1. The number of aromatic nitrogens is 3. The number of ketones is 1. The Balaban J connectivity index is 1.56. The van der Waals surface area contributed by atoms with Crippen LogP contribution in [0.2, 0.25) is 0 Å². The van der Waals surface area contributed by atoms with Crippen molar-refractivity contribution in [3.8, 4) is 0 Å². The van der Waals surface area contributed by atoms with E-state index in [1.165, 1.54) is 43.9 Å². The van der Waals surface area contributed by atoms with Crippen molar-refractivity contribution in [1.29, 1.82) is 0 Å². The molecule has 0 unspecified atom stereocenters. The zero-order valence-electron chi connectivity index (χ0n) is 15.2. The second kappa shape index (κ2) is 8.36. The van der Waals surface area contributed by atoms with Crippen LogP contribution in [0.25, 0.3) is 0 Å². The molecule has 0 amide bonds. The van der Waals surface area contributed by atoms with Crippen molar-refractivity contribution in [2.45, 2.75) is 69.8 Å². The average molecular weight is 379 g/mol. The Kier molecular flexibility index (Phi) is 6.17. The number of hydrogen-bond donors (Lipinski definition) is 1. The van der Waals surface area contributed by atoms with Crippen LogP contribution in [0.4, 0.5) is 5.13 Å². The molecular weight excluding hydrogens is 352 g/mol. The molecule has 1 aliphatic carbocycles. The van der Waals surface area contributed by atoms with Crippen LogP contribution in [0.15, 0.2) is 10.4 Å². The summed E-state index contributed by atoms with van der Waals surface area (Å²) in [6, 6.07) is 2.53. The molecule has 0 spiro atoms. The lowest BCUT2D eigenvalue weighted by Crippen LogP contribution is -2.21. The van der Waals surface area contributed by atoms with Crippen LogP contribution < -0.4 is 5.32 Å². The summed E-state index contributed by atoms with van der Waals surface area (Å²) in [4.78, 5) is 12.6. The van der Waals surface area contributed by atoms with Crippen molar-refractivity contribution in [3.63, 3.8) is 0 Å². The largest absolute Gasteiger partial charge is 0.357 e. The molecule has 2 aromatic heterocycles. The van der Waals surface area contributed by atoms with E-state index in [0.29, 0.717) is 11.8 Å². The minimum Gasteiger partial charge on any atom is -0.357 e. The zero-order valence-corrected chi connectivity index (χ0v) is 16.8. The van der Waals surface area contributed by atoms with Crippen LogP contribution >= 0.6 is 23.1 Å². The van der Waals surface area contributed by atoms with E-state index in [4.69, 9.17) is 0 Å². The maximum atomic E-state index is 12.6. The number of aryl methyl sites for hydroxylation is 1. The van der Waals surface area contributed by atoms with Crippen molar-refractivity contribution in [1.82, 2.24) is 14.8 Å². The second-order valence-electron chi connectivity index (χ2n) is 6.59. The van der Waals surface area contributed by atoms with Crippen molar-refractivity contribution in [2.24, 2.45) is 0 Å². The molecule has 3 rings (SSSR count). The Bertz CT molecular complexity index is 732.